The van der Waals surface area contributed by atoms with Crippen molar-refractivity contribution in [1.82, 2.24) is 30.7 Å². The van der Waals surface area contributed by atoms with Crippen molar-refractivity contribution in [1.29, 1.82) is 0 Å². The quantitative estimate of drug-likeness (QED) is 0.0286. The first-order chi connectivity index (χ1) is 28.9. The summed E-state index contributed by atoms with van der Waals surface area (Å²) in [6.07, 6.45) is 18.9. The number of aromatic nitrogens is 2. The van der Waals surface area contributed by atoms with E-state index in [1.54, 1.807) is 5.48 Å². The minimum Gasteiger partial charge on any atom is -0.352 e. The Morgan fingerprint density at radius 3 is 1.61 bits per heavy atom. The second-order valence-corrected chi connectivity index (χ2v) is 15.7. The van der Waals surface area contributed by atoms with E-state index in [2.05, 4.69) is 49.5 Å². The van der Waals surface area contributed by atoms with E-state index in [9.17, 15) is 19.2 Å². The maximum Gasteiger partial charge on any atom is 0.253 e. The Hall–Kier alpha value is -5.46. The van der Waals surface area contributed by atoms with Gasteiger partial charge in [-0.15, -0.1) is 0 Å². The van der Waals surface area contributed by atoms with E-state index in [1.807, 2.05) is 54.9 Å². The van der Waals surface area contributed by atoms with Crippen molar-refractivity contribution >= 4 is 45.4 Å². The van der Waals surface area contributed by atoms with E-state index in [1.165, 1.54) is 22.2 Å². The zero-order valence-electron chi connectivity index (χ0n) is 34.2. The summed E-state index contributed by atoms with van der Waals surface area (Å²) in [4.78, 5) is 53.3. The normalized spacial score (nSPS) is 12.8. The number of nitrogens with zero attached hydrogens (tertiary/aromatic N) is 2. The topological polar surface area (TPSA) is 156 Å². The molecule has 4 heterocycles. The molecule has 2 aromatic heterocycles. The van der Waals surface area contributed by atoms with Gasteiger partial charge >= 0.3 is 0 Å². The summed E-state index contributed by atoms with van der Waals surface area (Å²) in [5.41, 5.74) is 11.9. The molecule has 0 atom stereocenters. The molecule has 0 saturated carbocycles. The second kappa shape index (κ2) is 22.6. The predicted molar refractivity (Wildman–Crippen MR) is 232 cm³/mol. The lowest BCUT2D eigenvalue weighted by atomic mass is 10.0. The Balaban J connectivity index is 0.000000230. The first-order valence-electron chi connectivity index (χ1n) is 21.6. The van der Waals surface area contributed by atoms with Crippen LogP contribution in [-0.2, 0) is 47.0 Å². The van der Waals surface area contributed by atoms with E-state index in [4.69, 9.17) is 10.0 Å². The fourth-order valence-corrected chi connectivity index (χ4v) is 8.23. The highest BCUT2D eigenvalue weighted by atomic mass is 16.6. The van der Waals surface area contributed by atoms with E-state index in [0.29, 0.717) is 32.5 Å². The first kappa shape index (κ1) is 43.1. The van der Waals surface area contributed by atoms with Crippen LogP contribution in [0.1, 0.15) is 129 Å². The van der Waals surface area contributed by atoms with Crippen LogP contribution in [0.5, 0.6) is 0 Å². The van der Waals surface area contributed by atoms with Crippen LogP contribution >= 0.6 is 0 Å². The lowest BCUT2D eigenvalue weighted by Crippen LogP contribution is -2.24. The van der Waals surface area contributed by atoms with Crippen LogP contribution in [0.3, 0.4) is 0 Å². The molecule has 2 aliphatic heterocycles. The van der Waals surface area contributed by atoms with Gasteiger partial charge in [-0.2, -0.15) is 0 Å². The summed E-state index contributed by atoms with van der Waals surface area (Å²) in [6, 6.07) is 22.3. The monoisotopic (exact) mass is 806 g/mol. The number of hydrogen-bond acceptors (Lipinski definition) is 6. The SMILES string of the molecule is O=C(CCCCCCCNC(=O)c1cn2c3c(cccc13)CCC2)NO.O=C(CCCCCCCNC(=O)c1cn2c3c(cccc13)CCC2)NOCc1ccccc1.[HH]. The average molecular weight is 807 g/mol. The van der Waals surface area contributed by atoms with Crippen molar-refractivity contribution in [2.24, 2.45) is 0 Å². The Morgan fingerprint density at radius 1 is 0.593 bits per heavy atom. The smallest absolute Gasteiger partial charge is 0.253 e. The maximum atomic E-state index is 12.7. The molecule has 0 radical (unpaired) electrons. The van der Waals surface area contributed by atoms with Gasteiger partial charge in [0.05, 0.1) is 28.8 Å². The molecular weight excluding hydrogens is 745 g/mol. The minimum absolute atomic E-state index is 0. The van der Waals surface area contributed by atoms with Crippen LogP contribution in [0, 0.1) is 0 Å². The van der Waals surface area contributed by atoms with Gasteiger partial charge in [0.15, 0.2) is 0 Å². The summed E-state index contributed by atoms with van der Waals surface area (Å²) >= 11 is 0. The molecule has 316 valence electrons. The van der Waals surface area contributed by atoms with Crippen molar-refractivity contribution in [3.63, 3.8) is 0 Å². The third-order valence-electron chi connectivity index (χ3n) is 11.3. The fraction of sp³-hybridized carbons (Fsp3) is 0.447. The van der Waals surface area contributed by atoms with E-state index in [0.717, 1.165) is 130 Å². The van der Waals surface area contributed by atoms with Gasteiger partial charge in [0, 0.05) is 63.6 Å². The van der Waals surface area contributed by atoms with Crippen LogP contribution in [-0.4, -0.2) is 51.1 Å². The summed E-state index contributed by atoms with van der Waals surface area (Å²) < 4.78 is 4.44. The van der Waals surface area contributed by atoms with Crippen LogP contribution in [0.4, 0.5) is 0 Å². The molecule has 0 spiro atoms. The average Bonchev–Trinajstić information content (AvgIpc) is 3.84. The molecule has 2 aliphatic rings. The second-order valence-electron chi connectivity index (χ2n) is 15.7. The predicted octanol–water partition coefficient (Wildman–Crippen LogP) is 8.32. The number of aryl methyl sites for hydroxylation is 4. The Labute approximate surface area is 348 Å². The van der Waals surface area contributed by atoms with Crippen LogP contribution in [0.15, 0.2) is 79.1 Å². The highest BCUT2D eigenvalue weighted by Crippen LogP contribution is 2.30. The molecule has 4 amide bonds. The molecule has 5 N–H and O–H groups in total. The summed E-state index contributed by atoms with van der Waals surface area (Å²) in [6.45, 7) is 3.69. The molecule has 0 unspecified atom stereocenters. The van der Waals surface area contributed by atoms with Gasteiger partial charge in [0.2, 0.25) is 11.8 Å². The van der Waals surface area contributed by atoms with Crippen LogP contribution in [0.25, 0.3) is 21.8 Å². The molecule has 59 heavy (non-hydrogen) atoms. The Bertz CT molecular complexity index is 2170. The third-order valence-corrected chi connectivity index (χ3v) is 11.3. The molecular formula is C47H62N6O6. The number of rotatable bonds is 21. The molecule has 0 aliphatic carbocycles. The van der Waals surface area contributed by atoms with Crippen molar-refractivity contribution in [3.05, 3.63) is 107 Å². The molecule has 0 bridgehead atoms. The maximum absolute atomic E-state index is 12.7. The van der Waals surface area contributed by atoms with E-state index >= 15 is 0 Å². The highest BCUT2D eigenvalue weighted by Gasteiger charge is 2.21. The molecule has 12 heteroatoms. The molecule has 7 rings (SSSR count). The number of nitrogens with one attached hydrogen (secondary N) is 4. The largest absolute Gasteiger partial charge is 0.352 e. The van der Waals surface area contributed by atoms with E-state index in [-0.39, 0.29) is 25.1 Å². The van der Waals surface area contributed by atoms with Gasteiger partial charge in [-0.3, -0.25) is 29.2 Å². The van der Waals surface area contributed by atoms with E-state index < -0.39 is 0 Å². The lowest BCUT2D eigenvalue weighted by Gasteiger charge is -2.14. The zero-order chi connectivity index (χ0) is 41.2. The highest BCUT2D eigenvalue weighted by molar-refractivity contribution is 6.08. The number of carbonyl (C=O) groups is 4. The first-order valence-corrected chi connectivity index (χ1v) is 21.6. The standard InChI is InChI=1S/C27H33N3O3.C20H27N3O3.H2/c31-25(29-33-20-21-11-5-4-6-12-21)16-7-2-1-3-8-17-28-27(32)24-19-30-18-10-14-22-13-9-15-23(24)26(22)30;24-18(22-26)11-4-2-1-3-5-12-21-20(25)17-14-23-13-7-9-15-8-6-10-16(17)19(15)23;/h4-6,9,11-13,15,19H,1-3,7-8,10,14,16-18,20H2,(H,28,32)(H,29,31);6,8,10,14,26H,1-5,7,9,11-13H2,(H,21,25)(H,22,24);1H. The third kappa shape index (κ3) is 12.3. The van der Waals surface area contributed by atoms with Gasteiger partial charge < -0.3 is 19.8 Å². The molecule has 12 nitrogen and oxygen atoms in total. The number of benzene rings is 3. The molecule has 0 saturated heterocycles. The minimum atomic E-state index is -0.330. The van der Waals surface area contributed by atoms with Gasteiger partial charge in [0.1, 0.15) is 0 Å². The van der Waals surface area contributed by atoms with Gasteiger partial charge in [-0.05, 0) is 68.1 Å². The molecule has 5 aromatic rings. The number of hydrogen-bond donors (Lipinski definition) is 5. The number of para-hydroxylation sites is 2. The lowest BCUT2D eigenvalue weighted by molar-refractivity contribution is -0.134. The van der Waals surface area contributed by atoms with Crippen LogP contribution < -0.4 is 21.6 Å². The summed E-state index contributed by atoms with van der Waals surface area (Å²) in [7, 11) is 0. The molecule has 0 fully saturated rings. The number of carbonyl (C=O) groups excluding carboxylic acids is 4. The number of amides is 4. The summed E-state index contributed by atoms with van der Waals surface area (Å²) in [5.74, 6) is -0.384. The number of hydroxylamine groups is 2. The Kier molecular flexibility index (Phi) is 16.5. The van der Waals surface area contributed by atoms with Crippen LogP contribution in [0.2, 0.25) is 0 Å². The van der Waals surface area contributed by atoms with Gasteiger partial charge in [-0.25, -0.2) is 11.0 Å². The van der Waals surface area contributed by atoms with Gasteiger partial charge in [0.25, 0.3) is 11.8 Å². The summed E-state index contributed by atoms with van der Waals surface area (Å²) in [5, 5.41) is 16.7. The van der Waals surface area contributed by atoms with Crippen molar-refractivity contribution in [2.75, 3.05) is 13.1 Å². The number of unbranched alkanes of at least 4 members (excludes halogenated alkanes) is 8. The van der Waals surface area contributed by atoms with Crippen molar-refractivity contribution < 1.29 is 30.6 Å². The molecule has 3 aromatic carbocycles. The van der Waals surface area contributed by atoms with Crippen molar-refractivity contribution in [3.8, 4) is 0 Å². The van der Waals surface area contributed by atoms with Crippen molar-refractivity contribution in [2.45, 2.75) is 122 Å². The Morgan fingerprint density at radius 2 is 1.08 bits per heavy atom. The zero-order valence-corrected chi connectivity index (χ0v) is 34.2. The van der Waals surface area contributed by atoms with Gasteiger partial charge in [-0.1, -0.05) is 105 Å². The fourth-order valence-electron chi connectivity index (χ4n) is 8.23.